The van der Waals surface area contributed by atoms with Gasteiger partial charge in [0.25, 0.3) is 11.8 Å². The van der Waals surface area contributed by atoms with Gasteiger partial charge in [-0.15, -0.1) is 0 Å². The second-order valence-electron chi connectivity index (χ2n) is 7.99. The molecule has 0 aliphatic carbocycles. The number of piperidine rings is 1. The summed E-state index contributed by atoms with van der Waals surface area (Å²) in [6.45, 7) is 5.48. The Hall–Kier alpha value is -3.49. The first kappa shape index (κ1) is 19.8. The number of imide groups is 2. The molecule has 0 saturated carbocycles. The van der Waals surface area contributed by atoms with Crippen LogP contribution in [0.3, 0.4) is 0 Å². The monoisotopic (exact) mass is 409 g/mol. The Kier molecular flexibility index (Phi) is 5.11. The molecule has 0 radical (unpaired) electrons. The van der Waals surface area contributed by atoms with Crippen LogP contribution >= 0.6 is 0 Å². The zero-order valence-corrected chi connectivity index (χ0v) is 16.8. The fourth-order valence-corrected chi connectivity index (χ4v) is 3.83. The van der Waals surface area contributed by atoms with E-state index in [0.717, 1.165) is 17.0 Å². The maximum absolute atomic E-state index is 13.1. The molecule has 156 valence electrons. The zero-order chi connectivity index (χ0) is 21.4. The molecule has 2 aliphatic heterocycles. The summed E-state index contributed by atoms with van der Waals surface area (Å²) in [6.07, 6.45) is 3.93. The maximum Gasteiger partial charge on any atom is 0.264 e. The molecule has 9 nitrogen and oxygen atoms in total. The van der Waals surface area contributed by atoms with Crippen molar-refractivity contribution in [3.63, 3.8) is 0 Å². The van der Waals surface area contributed by atoms with Crippen LogP contribution in [0.4, 0.5) is 5.69 Å². The molecule has 1 aromatic carbocycles. The van der Waals surface area contributed by atoms with Gasteiger partial charge < -0.3 is 5.32 Å². The van der Waals surface area contributed by atoms with Gasteiger partial charge in [-0.3, -0.25) is 34.1 Å². The molecule has 2 aromatic rings. The summed E-state index contributed by atoms with van der Waals surface area (Å²) in [6, 6.07) is 4.03. The Morgan fingerprint density at radius 2 is 2.00 bits per heavy atom. The van der Waals surface area contributed by atoms with E-state index in [1.54, 1.807) is 24.4 Å². The number of hydrogen-bond acceptors (Lipinski definition) is 6. The number of nitrogens with zero attached hydrogens (tertiary/aromatic N) is 3. The minimum atomic E-state index is -0.975. The van der Waals surface area contributed by atoms with E-state index in [1.807, 2.05) is 10.9 Å². The van der Waals surface area contributed by atoms with Crippen LogP contribution in [0.15, 0.2) is 30.6 Å². The zero-order valence-electron chi connectivity index (χ0n) is 16.8. The molecule has 1 unspecified atom stereocenters. The van der Waals surface area contributed by atoms with E-state index in [1.165, 1.54) is 0 Å². The lowest BCUT2D eigenvalue weighted by atomic mass is 10.0. The van der Waals surface area contributed by atoms with Gasteiger partial charge >= 0.3 is 0 Å². The highest BCUT2D eigenvalue weighted by Crippen LogP contribution is 2.32. The summed E-state index contributed by atoms with van der Waals surface area (Å²) < 4.78 is 1.87. The number of carbonyl (C=O) groups excluding carboxylic acids is 4. The average molecular weight is 409 g/mol. The molecule has 3 heterocycles. The van der Waals surface area contributed by atoms with Crippen molar-refractivity contribution in [2.45, 2.75) is 45.8 Å². The molecule has 0 bridgehead atoms. The number of anilines is 1. The van der Waals surface area contributed by atoms with Crippen LogP contribution in [-0.2, 0) is 22.7 Å². The van der Waals surface area contributed by atoms with Gasteiger partial charge in [-0.05, 0) is 24.5 Å². The molecule has 0 spiro atoms. The summed E-state index contributed by atoms with van der Waals surface area (Å²) in [4.78, 5) is 50.5. The van der Waals surface area contributed by atoms with Gasteiger partial charge in [-0.1, -0.05) is 19.9 Å². The molecule has 1 saturated heterocycles. The lowest BCUT2D eigenvalue weighted by Gasteiger charge is -2.27. The van der Waals surface area contributed by atoms with Crippen LogP contribution in [0.25, 0.3) is 0 Å². The summed E-state index contributed by atoms with van der Waals surface area (Å²) in [7, 11) is 0. The second-order valence-corrected chi connectivity index (χ2v) is 7.99. The van der Waals surface area contributed by atoms with E-state index in [9.17, 15) is 19.2 Å². The lowest BCUT2D eigenvalue weighted by molar-refractivity contribution is -0.136. The molecule has 2 aliphatic rings. The van der Waals surface area contributed by atoms with Gasteiger partial charge in [0.05, 0.1) is 17.3 Å². The van der Waals surface area contributed by atoms with E-state index in [0.29, 0.717) is 18.2 Å². The summed E-state index contributed by atoms with van der Waals surface area (Å²) in [5.74, 6) is -1.58. The third kappa shape index (κ3) is 3.58. The number of amides is 4. The molecule has 4 amide bonds. The van der Waals surface area contributed by atoms with Gasteiger partial charge in [0, 0.05) is 37.0 Å². The van der Waals surface area contributed by atoms with E-state index >= 15 is 0 Å². The minimum Gasteiger partial charge on any atom is -0.380 e. The first-order valence-corrected chi connectivity index (χ1v) is 9.95. The van der Waals surface area contributed by atoms with Crippen molar-refractivity contribution in [2.24, 2.45) is 5.92 Å². The molecule has 30 heavy (non-hydrogen) atoms. The smallest absolute Gasteiger partial charge is 0.264 e. The number of fused-ring (bicyclic) bond motifs is 1. The second kappa shape index (κ2) is 7.74. The summed E-state index contributed by atoms with van der Waals surface area (Å²) in [5, 5.41) is 9.75. The highest BCUT2D eigenvalue weighted by atomic mass is 16.2. The molecule has 1 aromatic heterocycles. The molecule has 1 fully saturated rings. The van der Waals surface area contributed by atoms with Gasteiger partial charge in [0.15, 0.2) is 0 Å². The molecule has 4 rings (SSSR count). The van der Waals surface area contributed by atoms with Crippen molar-refractivity contribution >= 4 is 29.3 Å². The highest BCUT2D eigenvalue weighted by molar-refractivity contribution is 6.25. The number of carbonyl (C=O) groups is 4. The molecule has 1 atom stereocenters. The predicted molar refractivity (Wildman–Crippen MR) is 108 cm³/mol. The van der Waals surface area contributed by atoms with Crippen LogP contribution in [0.1, 0.15) is 53.0 Å². The van der Waals surface area contributed by atoms with Crippen LogP contribution < -0.4 is 10.6 Å². The van der Waals surface area contributed by atoms with Crippen molar-refractivity contribution < 1.29 is 19.2 Å². The number of rotatable bonds is 6. The number of benzene rings is 1. The summed E-state index contributed by atoms with van der Waals surface area (Å²) in [5.41, 5.74) is 1.98. The minimum absolute atomic E-state index is 0.0925. The number of nitrogens with one attached hydrogen (secondary N) is 2. The lowest BCUT2D eigenvalue weighted by Crippen LogP contribution is -2.54. The number of aromatic nitrogens is 2. The van der Waals surface area contributed by atoms with Crippen molar-refractivity contribution in [2.75, 3.05) is 5.32 Å². The predicted octanol–water partition coefficient (Wildman–Crippen LogP) is 1.55. The first-order chi connectivity index (χ1) is 14.3. The van der Waals surface area contributed by atoms with Gasteiger partial charge in [-0.2, -0.15) is 5.10 Å². The Morgan fingerprint density at radius 1 is 1.20 bits per heavy atom. The first-order valence-electron chi connectivity index (χ1n) is 9.95. The largest absolute Gasteiger partial charge is 0.380 e. The van der Waals surface area contributed by atoms with Crippen LogP contribution in [0.5, 0.6) is 0 Å². The van der Waals surface area contributed by atoms with Crippen molar-refractivity contribution in [3.05, 3.63) is 47.3 Å². The Balaban J connectivity index is 1.54. The van der Waals surface area contributed by atoms with E-state index < -0.39 is 29.7 Å². The van der Waals surface area contributed by atoms with Crippen LogP contribution in [-0.4, -0.2) is 44.4 Å². The Morgan fingerprint density at radius 3 is 2.73 bits per heavy atom. The molecular formula is C21H23N5O4. The van der Waals surface area contributed by atoms with E-state index in [2.05, 4.69) is 29.6 Å². The quantitative estimate of drug-likeness (QED) is 0.700. The van der Waals surface area contributed by atoms with Gasteiger partial charge in [0.2, 0.25) is 11.8 Å². The molecule has 9 heteroatoms. The average Bonchev–Trinajstić information content (AvgIpc) is 3.23. The molecular weight excluding hydrogens is 386 g/mol. The van der Waals surface area contributed by atoms with E-state index in [4.69, 9.17) is 0 Å². The van der Waals surface area contributed by atoms with Crippen LogP contribution in [0.2, 0.25) is 0 Å². The standard InChI is InChI=1S/C21H23N5O4/c1-12(2)10-25-11-13(9-23-25)8-22-15-5-3-4-14-18(15)21(30)26(20(14)29)16-6-7-17(27)24-19(16)28/h3-5,9,11-12,16,22H,6-8,10H2,1-2H3,(H,24,27,28). The Bertz CT molecular complexity index is 1040. The van der Waals surface area contributed by atoms with E-state index in [-0.39, 0.29) is 24.0 Å². The van der Waals surface area contributed by atoms with Crippen molar-refractivity contribution in [1.29, 1.82) is 0 Å². The highest BCUT2D eigenvalue weighted by Gasteiger charge is 2.45. The van der Waals surface area contributed by atoms with Gasteiger partial charge in [0.1, 0.15) is 6.04 Å². The summed E-state index contributed by atoms with van der Waals surface area (Å²) >= 11 is 0. The fourth-order valence-electron chi connectivity index (χ4n) is 3.83. The van der Waals surface area contributed by atoms with Crippen molar-refractivity contribution in [3.8, 4) is 0 Å². The number of hydrogen-bond donors (Lipinski definition) is 2. The normalized spacial score (nSPS) is 18.8. The SMILES string of the molecule is CC(C)Cn1cc(CNc2cccc3c2C(=O)N(C2CCC(=O)NC2=O)C3=O)cn1. The topological polar surface area (TPSA) is 113 Å². The third-order valence-corrected chi connectivity index (χ3v) is 5.19. The van der Waals surface area contributed by atoms with Crippen molar-refractivity contribution in [1.82, 2.24) is 20.0 Å². The third-order valence-electron chi connectivity index (χ3n) is 5.19. The Labute approximate surface area is 173 Å². The fraction of sp³-hybridized carbons (Fsp3) is 0.381. The molecule has 2 N–H and O–H groups in total. The van der Waals surface area contributed by atoms with Gasteiger partial charge in [-0.25, -0.2) is 0 Å². The maximum atomic E-state index is 13.1. The van der Waals surface area contributed by atoms with Crippen LogP contribution in [0, 0.1) is 5.92 Å².